The summed E-state index contributed by atoms with van der Waals surface area (Å²) in [5, 5.41) is 0. The third-order valence-corrected chi connectivity index (χ3v) is 4.15. The molecule has 1 heterocycles. The van der Waals surface area contributed by atoms with E-state index in [9.17, 15) is 4.79 Å². The zero-order valence-electron chi connectivity index (χ0n) is 12.9. The van der Waals surface area contributed by atoms with Gasteiger partial charge in [0.2, 0.25) is 0 Å². The van der Waals surface area contributed by atoms with Crippen molar-refractivity contribution in [3.63, 3.8) is 0 Å². The molecule has 3 rings (SSSR count). The largest absolute Gasteiger partial charge is 0.380 e. The summed E-state index contributed by atoms with van der Waals surface area (Å²) in [5.74, 6) is 0.0713. The molecule has 0 bridgehead atoms. The first-order chi connectivity index (χ1) is 10.8. The molecule has 0 unspecified atom stereocenters. The summed E-state index contributed by atoms with van der Waals surface area (Å²) in [6, 6.07) is 15.9. The van der Waals surface area contributed by atoms with Gasteiger partial charge in [0, 0.05) is 24.9 Å². The Morgan fingerprint density at radius 3 is 2.73 bits per heavy atom. The van der Waals surface area contributed by atoms with Gasteiger partial charge in [0.1, 0.15) is 0 Å². The number of ether oxygens (including phenoxy) is 1. The molecule has 114 valence electrons. The van der Waals surface area contributed by atoms with Crippen LogP contribution in [0.4, 0.5) is 5.69 Å². The highest BCUT2D eigenvalue weighted by atomic mass is 16.5. The number of methoxy groups -OCH3 is 1. The number of hydrogen-bond donors (Lipinski definition) is 0. The van der Waals surface area contributed by atoms with Crippen LogP contribution < -0.4 is 4.90 Å². The fourth-order valence-corrected chi connectivity index (χ4v) is 3.06. The van der Waals surface area contributed by atoms with Gasteiger partial charge < -0.3 is 9.64 Å². The Kier molecular flexibility index (Phi) is 4.54. The lowest BCUT2D eigenvalue weighted by Crippen LogP contribution is -2.32. The smallest absolute Gasteiger partial charge is 0.258 e. The van der Waals surface area contributed by atoms with Crippen molar-refractivity contribution in [2.75, 3.05) is 18.6 Å². The first kappa shape index (κ1) is 14.8. The van der Waals surface area contributed by atoms with Gasteiger partial charge in [-0.2, -0.15) is 0 Å². The Balaban J connectivity index is 1.99. The molecular formula is C19H21NO2. The highest BCUT2D eigenvalue weighted by molar-refractivity contribution is 6.07. The molecule has 0 atom stereocenters. The van der Waals surface area contributed by atoms with Crippen molar-refractivity contribution >= 4 is 11.6 Å². The van der Waals surface area contributed by atoms with Crippen LogP contribution >= 0.6 is 0 Å². The minimum absolute atomic E-state index is 0.0713. The van der Waals surface area contributed by atoms with E-state index in [-0.39, 0.29) is 5.91 Å². The first-order valence-electron chi connectivity index (χ1n) is 7.78. The second-order valence-electron chi connectivity index (χ2n) is 5.63. The average molecular weight is 295 g/mol. The third kappa shape index (κ3) is 2.90. The second-order valence-corrected chi connectivity index (χ2v) is 5.63. The summed E-state index contributed by atoms with van der Waals surface area (Å²) < 4.78 is 5.23. The van der Waals surface area contributed by atoms with Gasteiger partial charge in [-0.05, 0) is 42.5 Å². The zero-order valence-corrected chi connectivity index (χ0v) is 12.9. The maximum Gasteiger partial charge on any atom is 0.258 e. The first-order valence-corrected chi connectivity index (χ1v) is 7.78. The Morgan fingerprint density at radius 1 is 1.09 bits per heavy atom. The van der Waals surface area contributed by atoms with E-state index in [1.54, 1.807) is 7.11 Å². The summed E-state index contributed by atoms with van der Waals surface area (Å²) in [6.45, 7) is 1.23. The van der Waals surface area contributed by atoms with Gasteiger partial charge in [-0.1, -0.05) is 36.4 Å². The summed E-state index contributed by atoms with van der Waals surface area (Å²) in [7, 11) is 1.66. The van der Waals surface area contributed by atoms with Crippen LogP contribution in [0, 0.1) is 0 Å². The maximum atomic E-state index is 13.1. The molecule has 0 radical (unpaired) electrons. The van der Waals surface area contributed by atoms with Crippen molar-refractivity contribution in [2.24, 2.45) is 0 Å². The number of carbonyl (C=O) groups is 1. The van der Waals surface area contributed by atoms with E-state index in [1.165, 1.54) is 5.56 Å². The van der Waals surface area contributed by atoms with Gasteiger partial charge in [-0.25, -0.2) is 0 Å². The molecule has 2 aromatic rings. The van der Waals surface area contributed by atoms with Crippen LogP contribution in [0.25, 0.3) is 0 Å². The molecule has 2 aromatic carbocycles. The summed E-state index contributed by atoms with van der Waals surface area (Å²) >= 11 is 0. The van der Waals surface area contributed by atoms with E-state index in [4.69, 9.17) is 4.74 Å². The Morgan fingerprint density at radius 2 is 1.86 bits per heavy atom. The van der Waals surface area contributed by atoms with Gasteiger partial charge >= 0.3 is 0 Å². The Bertz CT molecular complexity index is 666. The predicted molar refractivity (Wildman–Crippen MR) is 88.2 cm³/mol. The molecule has 3 nitrogen and oxygen atoms in total. The van der Waals surface area contributed by atoms with Crippen molar-refractivity contribution in [1.82, 2.24) is 0 Å². The number of fused-ring (bicyclic) bond motifs is 1. The molecule has 0 saturated carbocycles. The molecule has 1 aliphatic rings. The number of benzene rings is 2. The van der Waals surface area contributed by atoms with Crippen molar-refractivity contribution in [3.05, 3.63) is 65.2 Å². The average Bonchev–Trinajstić information content (AvgIpc) is 2.77. The van der Waals surface area contributed by atoms with Gasteiger partial charge in [0.25, 0.3) is 5.91 Å². The number of anilines is 1. The third-order valence-electron chi connectivity index (χ3n) is 4.15. The van der Waals surface area contributed by atoms with Gasteiger partial charge in [-0.15, -0.1) is 0 Å². The number of aryl methyl sites for hydroxylation is 1. The van der Waals surface area contributed by atoms with E-state index in [0.29, 0.717) is 6.61 Å². The Hall–Kier alpha value is -2.13. The van der Waals surface area contributed by atoms with Gasteiger partial charge in [0.05, 0.1) is 6.61 Å². The normalized spacial score (nSPS) is 14.3. The quantitative estimate of drug-likeness (QED) is 0.861. The molecule has 3 heteroatoms. The topological polar surface area (TPSA) is 29.5 Å². The highest BCUT2D eigenvalue weighted by Crippen LogP contribution is 2.28. The zero-order chi connectivity index (χ0) is 15.4. The molecule has 0 aromatic heterocycles. The van der Waals surface area contributed by atoms with Crippen LogP contribution in [0.2, 0.25) is 0 Å². The molecule has 0 fully saturated rings. The summed E-state index contributed by atoms with van der Waals surface area (Å²) in [6.07, 6.45) is 3.20. The SMILES string of the molecule is COCc1ccccc1C(=O)N1CCCCc2ccccc21. The van der Waals surface area contributed by atoms with Crippen molar-refractivity contribution in [1.29, 1.82) is 0 Å². The fraction of sp³-hybridized carbons (Fsp3) is 0.316. The highest BCUT2D eigenvalue weighted by Gasteiger charge is 2.23. The van der Waals surface area contributed by atoms with Crippen molar-refractivity contribution < 1.29 is 9.53 Å². The summed E-state index contributed by atoms with van der Waals surface area (Å²) in [4.78, 5) is 15.0. The predicted octanol–water partition coefficient (Wildman–Crippen LogP) is 3.82. The minimum atomic E-state index is 0.0713. The van der Waals surface area contributed by atoms with Crippen LogP contribution in [-0.2, 0) is 17.8 Å². The Labute approximate surface area is 131 Å². The lowest BCUT2D eigenvalue weighted by atomic mass is 10.1. The standard InChI is InChI=1S/C19H21NO2/c1-22-14-16-10-2-4-11-17(16)19(21)20-13-7-6-9-15-8-3-5-12-18(15)20/h2-5,8,10-12H,6-7,9,13-14H2,1H3. The monoisotopic (exact) mass is 295 g/mol. The molecule has 22 heavy (non-hydrogen) atoms. The van der Waals surface area contributed by atoms with Crippen LogP contribution in [0.15, 0.2) is 48.5 Å². The number of carbonyl (C=O) groups excluding carboxylic acids is 1. The molecule has 0 saturated heterocycles. The fourth-order valence-electron chi connectivity index (χ4n) is 3.06. The maximum absolute atomic E-state index is 13.1. The van der Waals surface area contributed by atoms with Crippen LogP contribution in [0.5, 0.6) is 0 Å². The summed E-state index contributed by atoms with van der Waals surface area (Å²) in [5.41, 5.74) is 3.99. The van der Waals surface area contributed by atoms with Crippen LogP contribution in [0.3, 0.4) is 0 Å². The molecule has 1 aliphatic heterocycles. The van der Waals surface area contributed by atoms with Crippen molar-refractivity contribution in [3.8, 4) is 0 Å². The number of amides is 1. The lowest BCUT2D eigenvalue weighted by Gasteiger charge is -2.24. The van der Waals surface area contributed by atoms with E-state index < -0.39 is 0 Å². The van der Waals surface area contributed by atoms with Crippen LogP contribution in [0.1, 0.15) is 34.3 Å². The molecule has 1 amide bonds. The van der Waals surface area contributed by atoms with E-state index in [2.05, 4.69) is 12.1 Å². The van der Waals surface area contributed by atoms with E-state index >= 15 is 0 Å². The molecule has 0 spiro atoms. The van der Waals surface area contributed by atoms with E-state index in [1.807, 2.05) is 41.3 Å². The van der Waals surface area contributed by atoms with Gasteiger partial charge in [-0.3, -0.25) is 4.79 Å². The van der Waals surface area contributed by atoms with E-state index in [0.717, 1.165) is 42.6 Å². The number of hydrogen-bond acceptors (Lipinski definition) is 2. The van der Waals surface area contributed by atoms with Gasteiger partial charge in [0.15, 0.2) is 0 Å². The van der Waals surface area contributed by atoms with Crippen LogP contribution in [-0.4, -0.2) is 19.6 Å². The molecular weight excluding hydrogens is 274 g/mol. The number of nitrogens with zero attached hydrogens (tertiary/aromatic N) is 1. The molecule has 0 N–H and O–H groups in total. The number of para-hydroxylation sites is 1. The second kappa shape index (κ2) is 6.75. The molecule has 0 aliphatic carbocycles. The lowest BCUT2D eigenvalue weighted by molar-refractivity contribution is 0.0982. The minimum Gasteiger partial charge on any atom is -0.380 e. The number of rotatable bonds is 3. The van der Waals surface area contributed by atoms with Crippen molar-refractivity contribution in [2.45, 2.75) is 25.9 Å².